The number of carbonyl (C=O) groups excluding carboxylic acids is 1. The number of benzene rings is 1. The molecule has 1 aromatic carbocycles. The molecule has 2 aliphatic heterocycles. The summed E-state index contributed by atoms with van der Waals surface area (Å²) >= 11 is 0. The summed E-state index contributed by atoms with van der Waals surface area (Å²) in [6.45, 7) is 1.13. The second-order valence-corrected chi connectivity index (χ2v) is 4.32. The summed E-state index contributed by atoms with van der Waals surface area (Å²) in [5.41, 5.74) is 6.89. The van der Waals surface area contributed by atoms with Crippen LogP contribution < -0.4 is 20.5 Å². The van der Waals surface area contributed by atoms with Gasteiger partial charge in [0.2, 0.25) is 5.91 Å². The molecule has 1 saturated heterocycles. The number of nitrogens with two attached hydrogens (primary N) is 1. The number of hydrogen-bond donors (Lipinski definition) is 2. The largest absolute Gasteiger partial charge is 0.486 e. The predicted molar refractivity (Wildman–Crippen MR) is 60.9 cm³/mol. The minimum Gasteiger partial charge on any atom is -0.486 e. The quantitative estimate of drug-likeness (QED) is 0.735. The fourth-order valence-electron chi connectivity index (χ4n) is 2.26. The lowest BCUT2D eigenvalue weighted by Crippen LogP contribution is -2.28. The molecule has 5 heteroatoms. The van der Waals surface area contributed by atoms with Gasteiger partial charge in [-0.25, -0.2) is 0 Å². The molecule has 0 saturated carbocycles. The van der Waals surface area contributed by atoms with Crippen LogP contribution in [-0.2, 0) is 4.79 Å². The van der Waals surface area contributed by atoms with Gasteiger partial charge >= 0.3 is 0 Å². The standard InChI is InChI=1S/C12H14N2O3/c13-8-6-11(15)14-12(8)7-1-2-9-10(5-7)17-4-3-16-9/h1-2,5,8,12H,3-4,6,13H2,(H,14,15). The maximum atomic E-state index is 11.3. The first-order valence-corrected chi connectivity index (χ1v) is 5.68. The summed E-state index contributed by atoms with van der Waals surface area (Å²) in [5.74, 6) is 1.47. The maximum Gasteiger partial charge on any atom is 0.222 e. The summed E-state index contributed by atoms with van der Waals surface area (Å²) in [7, 11) is 0. The van der Waals surface area contributed by atoms with Crippen LogP contribution in [0, 0.1) is 0 Å². The minimum atomic E-state index is -0.176. The fraction of sp³-hybridized carbons (Fsp3) is 0.417. The molecule has 0 bridgehead atoms. The summed E-state index contributed by atoms with van der Waals surface area (Å²) in [5, 5.41) is 2.87. The van der Waals surface area contributed by atoms with Crippen LogP contribution in [0.15, 0.2) is 18.2 Å². The van der Waals surface area contributed by atoms with Gasteiger partial charge in [-0.05, 0) is 17.7 Å². The van der Waals surface area contributed by atoms with Crippen LogP contribution in [0.1, 0.15) is 18.0 Å². The SMILES string of the molecule is NC1CC(=O)NC1c1ccc2c(c1)OCCO2. The van der Waals surface area contributed by atoms with Gasteiger partial charge < -0.3 is 20.5 Å². The van der Waals surface area contributed by atoms with Crippen LogP contribution in [0.4, 0.5) is 0 Å². The van der Waals surface area contributed by atoms with E-state index in [0.717, 1.165) is 17.1 Å². The number of rotatable bonds is 1. The van der Waals surface area contributed by atoms with Crippen molar-refractivity contribution in [1.29, 1.82) is 0 Å². The zero-order valence-electron chi connectivity index (χ0n) is 9.31. The van der Waals surface area contributed by atoms with Crippen LogP contribution in [-0.4, -0.2) is 25.2 Å². The lowest BCUT2D eigenvalue weighted by atomic mass is 10.0. The highest BCUT2D eigenvalue weighted by atomic mass is 16.6. The third-order valence-corrected chi connectivity index (χ3v) is 3.09. The van der Waals surface area contributed by atoms with Crippen molar-refractivity contribution in [2.75, 3.05) is 13.2 Å². The van der Waals surface area contributed by atoms with E-state index in [4.69, 9.17) is 15.2 Å². The van der Waals surface area contributed by atoms with Gasteiger partial charge in [0.15, 0.2) is 11.5 Å². The number of hydrogen-bond acceptors (Lipinski definition) is 4. The summed E-state index contributed by atoms with van der Waals surface area (Å²) in [6.07, 6.45) is 0.374. The van der Waals surface area contributed by atoms with Crippen molar-refractivity contribution in [2.45, 2.75) is 18.5 Å². The molecule has 2 atom stereocenters. The Bertz CT molecular complexity index is 461. The Kier molecular flexibility index (Phi) is 2.40. The van der Waals surface area contributed by atoms with Crippen molar-refractivity contribution < 1.29 is 14.3 Å². The molecule has 1 amide bonds. The van der Waals surface area contributed by atoms with Crippen LogP contribution in [0.2, 0.25) is 0 Å². The smallest absolute Gasteiger partial charge is 0.222 e. The predicted octanol–water partition coefficient (Wildman–Crippen LogP) is 0.346. The first-order valence-electron chi connectivity index (χ1n) is 5.68. The van der Waals surface area contributed by atoms with Crippen LogP contribution in [0.5, 0.6) is 11.5 Å². The van der Waals surface area contributed by atoms with Crippen molar-refractivity contribution in [3.8, 4) is 11.5 Å². The van der Waals surface area contributed by atoms with Crippen molar-refractivity contribution in [2.24, 2.45) is 5.73 Å². The molecule has 0 radical (unpaired) electrons. The van der Waals surface area contributed by atoms with E-state index in [1.165, 1.54) is 0 Å². The van der Waals surface area contributed by atoms with E-state index in [2.05, 4.69) is 5.32 Å². The highest BCUT2D eigenvalue weighted by Gasteiger charge is 2.31. The lowest BCUT2D eigenvalue weighted by molar-refractivity contribution is -0.119. The first-order chi connectivity index (χ1) is 8.24. The van der Waals surface area contributed by atoms with E-state index in [9.17, 15) is 4.79 Å². The second-order valence-electron chi connectivity index (χ2n) is 4.32. The van der Waals surface area contributed by atoms with E-state index in [1.54, 1.807) is 0 Å². The van der Waals surface area contributed by atoms with Gasteiger partial charge in [0, 0.05) is 12.5 Å². The van der Waals surface area contributed by atoms with Gasteiger partial charge in [0.05, 0.1) is 6.04 Å². The van der Waals surface area contributed by atoms with Crippen LogP contribution in [0.3, 0.4) is 0 Å². The van der Waals surface area contributed by atoms with Gasteiger partial charge in [0.25, 0.3) is 0 Å². The van der Waals surface area contributed by atoms with E-state index in [-0.39, 0.29) is 18.0 Å². The zero-order valence-corrected chi connectivity index (χ0v) is 9.31. The highest BCUT2D eigenvalue weighted by molar-refractivity contribution is 5.80. The molecular formula is C12H14N2O3. The second kappa shape index (κ2) is 3.92. The van der Waals surface area contributed by atoms with Gasteiger partial charge in [0.1, 0.15) is 13.2 Å². The Labute approximate surface area is 98.9 Å². The van der Waals surface area contributed by atoms with Crippen LogP contribution in [0.25, 0.3) is 0 Å². The van der Waals surface area contributed by atoms with Crippen molar-refractivity contribution in [3.05, 3.63) is 23.8 Å². The molecule has 1 fully saturated rings. The highest BCUT2D eigenvalue weighted by Crippen LogP contribution is 2.34. The molecule has 5 nitrogen and oxygen atoms in total. The molecule has 2 aliphatic rings. The Morgan fingerprint density at radius 2 is 2.00 bits per heavy atom. The molecule has 0 spiro atoms. The van der Waals surface area contributed by atoms with E-state index in [1.807, 2.05) is 18.2 Å². The maximum absolute atomic E-state index is 11.3. The average Bonchev–Trinajstić information content (AvgIpc) is 2.68. The Balaban J connectivity index is 1.91. The molecular weight excluding hydrogens is 220 g/mol. The monoisotopic (exact) mass is 234 g/mol. The van der Waals surface area contributed by atoms with Crippen molar-refractivity contribution in [1.82, 2.24) is 5.32 Å². The first kappa shape index (κ1) is 10.4. The van der Waals surface area contributed by atoms with E-state index < -0.39 is 0 Å². The number of ether oxygens (including phenoxy) is 2. The number of amides is 1. The molecule has 0 aliphatic carbocycles. The van der Waals surface area contributed by atoms with Gasteiger partial charge in [-0.3, -0.25) is 4.79 Å². The molecule has 0 aromatic heterocycles. The zero-order chi connectivity index (χ0) is 11.8. The molecule has 17 heavy (non-hydrogen) atoms. The van der Waals surface area contributed by atoms with Gasteiger partial charge in [-0.1, -0.05) is 6.07 Å². The number of nitrogens with one attached hydrogen (secondary N) is 1. The molecule has 90 valence electrons. The molecule has 1 aromatic rings. The molecule has 3 N–H and O–H groups in total. The number of fused-ring (bicyclic) bond motifs is 1. The summed E-state index contributed by atoms with van der Waals surface area (Å²) in [4.78, 5) is 11.3. The molecule has 3 rings (SSSR count). The van der Waals surface area contributed by atoms with Gasteiger partial charge in [-0.2, -0.15) is 0 Å². The fourth-order valence-corrected chi connectivity index (χ4v) is 2.26. The van der Waals surface area contributed by atoms with Gasteiger partial charge in [-0.15, -0.1) is 0 Å². The van der Waals surface area contributed by atoms with Crippen molar-refractivity contribution in [3.63, 3.8) is 0 Å². The topological polar surface area (TPSA) is 73.6 Å². The Morgan fingerprint density at radius 1 is 1.24 bits per heavy atom. The molecule has 2 unspecified atom stereocenters. The van der Waals surface area contributed by atoms with Crippen LogP contribution >= 0.6 is 0 Å². The lowest BCUT2D eigenvalue weighted by Gasteiger charge is -2.21. The average molecular weight is 234 g/mol. The Hall–Kier alpha value is -1.75. The van der Waals surface area contributed by atoms with E-state index in [0.29, 0.717) is 19.6 Å². The van der Waals surface area contributed by atoms with Crippen molar-refractivity contribution >= 4 is 5.91 Å². The summed E-state index contributed by atoms with van der Waals surface area (Å²) < 4.78 is 11.0. The number of carbonyl (C=O) groups is 1. The minimum absolute atomic E-state index is 0.00242. The third-order valence-electron chi connectivity index (χ3n) is 3.09. The van der Waals surface area contributed by atoms with E-state index >= 15 is 0 Å². The normalized spacial score (nSPS) is 26.8. The summed E-state index contributed by atoms with van der Waals surface area (Å²) in [6, 6.07) is 5.37. The Morgan fingerprint density at radius 3 is 2.71 bits per heavy atom. The third kappa shape index (κ3) is 1.82. The molecule has 2 heterocycles.